The minimum atomic E-state index is -0.797. The first-order valence-corrected chi connectivity index (χ1v) is 9.59. The Morgan fingerprint density at radius 2 is 1.63 bits per heavy atom. The van der Waals surface area contributed by atoms with Crippen LogP contribution in [0.3, 0.4) is 0 Å². The van der Waals surface area contributed by atoms with Gasteiger partial charge in [-0.15, -0.1) is 0 Å². The van der Waals surface area contributed by atoms with Crippen LogP contribution < -0.4 is 15.2 Å². The van der Waals surface area contributed by atoms with E-state index >= 15 is 0 Å². The SMILES string of the molecule is COc1ccc(/C=[N+]2\N=C([O-])[C@H](NC(=O)c3ccccc3)[C@H]2c2ccccc2)cc1. The Morgan fingerprint density at radius 3 is 2.27 bits per heavy atom. The summed E-state index contributed by atoms with van der Waals surface area (Å²) in [4.78, 5) is 12.7. The van der Waals surface area contributed by atoms with Gasteiger partial charge in [-0.3, -0.25) is 4.79 Å². The van der Waals surface area contributed by atoms with Crippen LogP contribution in [0.15, 0.2) is 90.0 Å². The molecule has 0 aliphatic carbocycles. The first-order chi connectivity index (χ1) is 14.7. The van der Waals surface area contributed by atoms with Crippen molar-refractivity contribution in [3.8, 4) is 5.75 Å². The van der Waals surface area contributed by atoms with Gasteiger partial charge in [-0.1, -0.05) is 53.2 Å². The molecule has 0 saturated carbocycles. The van der Waals surface area contributed by atoms with E-state index in [0.29, 0.717) is 5.56 Å². The highest BCUT2D eigenvalue weighted by Crippen LogP contribution is 2.27. The Labute approximate surface area is 174 Å². The van der Waals surface area contributed by atoms with Crippen LogP contribution in [-0.4, -0.2) is 35.9 Å². The molecule has 0 bridgehead atoms. The number of amides is 1. The number of methoxy groups -OCH3 is 1. The van der Waals surface area contributed by atoms with Crippen LogP contribution in [0.25, 0.3) is 0 Å². The van der Waals surface area contributed by atoms with E-state index in [9.17, 15) is 9.90 Å². The number of nitrogens with zero attached hydrogens (tertiary/aromatic N) is 2. The summed E-state index contributed by atoms with van der Waals surface area (Å²) in [6, 6.07) is 24.6. The molecule has 6 heteroatoms. The van der Waals surface area contributed by atoms with Gasteiger partial charge >= 0.3 is 0 Å². The summed E-state index contributed by atoms with van der Waals surface area (Å²) < 4.78 is 6.82. The van der Waals surface area contributed by atoms with Gasteiger partial charge in [0.1, 0.15) is 11.8 Å². The zero-order chi connectivity index (χ0) is 20.9. The molecule has 1 heterocycles. The molecule has 3 aromatic carbocycles. The molecule has 0 radical (unpaired) electrons. The van der Waals surface area contributed by atoms with Crippen molar-refractivity contribution in [3.05, 3.63) is 102 Å². The maximum Gasteiger partial charge on any atom is 0.252 e. The minimum absolute atomic E-state index is 0.309. The van der Waals surface area contributed by atoms with Gasteiger partial charge in [-0.05, 0) is 41.5 Å². The number of nitrogens with one attached hydrogen (secondary N) is 1. The van der Waals surface area contributed by atoms with Gasteiger partial charge in [0, 0.05) is 16.7 Å². The van der Waals surface area contributed by atoms with E-state index in [1.54, 1.807) is 42.3 Å². The third-order valence-electron chi connectivity index (χ3n) is 4.94. The van der Waals surface area contributed by atoms with Crippen LogP contribution in [-0.2, 0) is 0 Å². The normalized spacial score (nSPS) is 19.4. The molecule has 2 atom stereocenters. The summed E-state index contributed by atoms with van der Waals surface area (Å²) in [6.07, 6.45) is 1.80. The number of hydrazone groups is 1. The van der Waals surface area contributed by atoms with Crippen molar-refractivity contribution in [1.82, 2.24) is 5.32 Å². The number of ether oxygens (including phenoxy) is 1. The maximum absolute atomic E-state index is 12.8. The predicted octanol–water partition coefficient (Wildman–Crippen LogP) is 2.35. The van der Waals surface area contributed by atoms with Crippen molar-refractivity contribution in [3.63, 3.8) is 0 Å². The number of carbonyl (C=O) groups is 1. The Morgan fingerprint density at radius 1 is 1.00 bits per heavy atom. The lowest BCUT2D eigenvalue weighted by atomic mass is 9.99. The second-order valence-corrected chi connectivity index (χ2v) is 6.89. The van der Waals surface area contributed by atoms with Crippen molar-refractivity contribution in [2.45, 2.75) is 12.1 Å². The molecule has 0 fully saturated rings. The van der Waals surface area contributed by atoms with E-state index in [-0.39, 0.29) is 5.91 Å². The molecular weight excluding hydrogens is 378 g/mol. The maximum atomic E-state index is 12.8. The quantitative estimate of drug-likeness (QED) is 0.669. The minimum Gasteiger partial charge on any atom is -0.856 e. The summed E-state index contributed by atoms with van der Waals surface area (Å²) in [7, 11) is 1.61. The van der Waals surface area contributed by atoms with Crippen molar-refractivity contribution in [2.75, 3.05) is 7.11 Å². The molecule has 150 valence electrons. The highest BCUT2D eigenvalue weighted by molar-refractivity contribution is 5.97. The van der Waals surface area contributed by atoms with Crippen molar-refractivity contribution >= 4 is 18.0 Å². The second-order valence-electron chi connectivity index (χ2n) is 6.89. The lowest BCUT2D eigenvalue weighted by Crippen LogP contribution is -2.47. The molecule has 1 aliphatic heterocycles. The predicted molar refractivity (Wildman–Crippen MR) is 113 cm³/mol. The summed E-state index contributed by atoms with van der Waals surface area (Å²) in [5.41, 5.74) is 2.24. The molecule has 4 rings (SSSR count). The van der Waals surface area contributed by atoms with Crippen LogP contribution in [0, 0.1) is 0 Å². The number of rotatable bonds is 5. The van der Waals surface area contributed by atoms with Gasteiger partial charge in [0.05, 0.1) is 13.0 Å². The molecule has 6 nitrogen and oxygen atoms in total. The third kappa shape index (κ3) is 4.07. The van der Waals surface area contributed by atoms with Gasteiger partial charge < -0.3 is 15.2 Å². The Kier molecular flexibility index (Phi) is 5.57. The molecule has 0 unspecified atom stereocenters. The highest BCUT2D eigenvalue weighted by atomic mass is 16.5. The molecule has 0 aromatic heterocycles. The third-order valence-corrected chi connectivity index (χ3v) is 4.94. The lowest BCUT2D eigenvalue weighted by Gasteiger charge is -2.20. The Bertz CT molecular complexity index is 1080. The number of benzene rings is 3. The second kappa shape index (κ2) is 8.61. The smallest absolute Gasteiger partial charge is 0.252 e. The van der Waals surface area contributed by atoms with Crippen LogP contribution in [0.5, 0.6) is 5.75 Å². The fourth-order valence-electron chi connectivity index (χ4n) is 3.43. The summed E-state index contributed by atoms with van der Waals surface area (Å²) in [5.74, 6) is 0.0449. The molecule has 30 heavy (non-hydrogen) atoms. The topological polar surface area (TPSA) is 76.8 Å². The van der Waals surface area contributed by atoms with Gasteiger partial charge in [-0.2, -0.15) is 0 Å². The fourth-order valence-corrected chi connectivity index (χ4v) is 3.43. The molecule has 0 spiro atoms. The van der Waals surface area contributed by atoms with E-state index in [4.69, 9.17) is 4.74 Å². The first-order valence-electron chi connectivity index (χ1n) is 9.59. The van der Waals surface area contributed by atoms with E-state index in [2.05, 4.69) is 10.4 Å². The molecule has 0 saturated heterocycles. The molecular formula is C24H21N3O3. The van der Waals surface area contributed by atoms with E-state index < -0.39 is 18.0 Å². The zero-order valence-electron chi connectivity index (χ0n) is 16.4. The summed E-state index contributed by atoms with van der Waals surface area (Å²) in [5, 5.41) is 19.8. The van der Waals surface area contributed by atoms with E-state index in [1.807, 2.05) is 60.7 Å². The fraction of sp³-hybridized carbons (Fsp3) is 0.125. The average Bonchev–Trinajstić information content (AvgIpc) is 3.09. The van der Waals surface area contributed by atoms with Crippen molar-refractivity contribution in [1.29, 1.82) is 0 Å². The standard InChI is InChI=1S/C24H21N3O3/c1-30-20-14-12-17(13-15-20)16-27-22(18-8-4-2-5-9-18)21(24(29)26-27)25-23(28)19-10-6-3-7-11-19/h2-16,21-22H,1H3,(H-,25,26,28,29)/b27-16-/t21-,22-/m1/s1. The van der Waals surface area contributed by atoms with E-state index in [0.717, 1.165) is 16.9 Å². The largest absolute Gasteiger partial charge is 0.856 e. The van der Waals surface area contributed by atoms with Crippen LogP contribution in [0.2, 0.25) is 0 Å². The first kappa shape index (κ1) is 19.4. The van der Waals surface area contributed by atoms with Crippen molar-refractivity contribution < 1.29 is 19.3 Å². The van der Waals surface area contributed by atoms with Crippen LogP contribution in [0.1, 0.15) is 27.5 Å². The summed E-state index contributed by atoms with van der Waals surface area (Å²) in [6.45, 7) is 0. The van der Waals surface area contributed by atoms with Gasteiger partial charge in [0.2, 0.25) is 12.3 Å². The molecule has 1 amide bonds. The van der Waals surface area contributed by atoms with Gasteiger partial charge in [0.15, 0.2) is 0 Å². The number of carbonyl (C=O) groups excluding carboxylic acids is 1. The van der Waals surface area contributed by atoms with Crippen molar-refractivity contribution in [2.24, 2.45) is 5.10 Å². The van der Waals surface area contributed by atoms with Gasteiger partial charge in [0.25, 0.3) is 5.91 Å². The summed E-state index contributed by atoms with van der Waals surface area (Å²) >= 11 is 0. The van der Waals surface area contributed by atoms with Crippen LogP contribution >= 0.6 is 0 Å². The Hall–Kier alpha value is -3.93. The number of hydrogen-bond acceptors (Lipinski definition) is 4. The number of hydrogen-bond donors (Lipinski definition) is 1. The highest BCUT2D eigenvalue weighted by Gasteiger charge is 2.41. The lowest BCUT2D eigenvalue weighted by molar-refractivity contribution is -0.565. The molecule has 1 N–H and O–H groups in total. The molecule has 3 aromatic rings. The zero-order valence-corrected chi connectivity index (χ0v) is 16.4. The van der Waals surface area contributed by atoms with Crippen LogP contribution in [0.4, 0.5) is 0 Å². The monoisotopic (exact) mass is 399 g/mol. The van der Waals surface area contributed by atoms with Gasteiger partial charge in [-0.25, -0.2) is 0 Å². The molecule has 1 aliphatic rings. The average molecular weight is 399 g/mol. The van der Waals surface area contributed by atoms with E-state index in [1.165, 1.54) is 0 Å². The Balaban J connectivity index is 1.68.